The average molecular weight is 239 g/mol. The fourth-order valence-corrected chi connectivity index (χ4v) is 3.34. The summed E-state index contributed by atoms with van der Waals surface area (Å²) in [5.41, 5.74) is 0. The highest BCUT2D eigenvalue weighted by Gasteiger charge is 2.36. The molecule has 0 saturated carbocycles. The number of sulfone groups is 1. The average Bonchev–Trinajstić information content (AvgIpc) is 2.36. The minimum Gasteiger partial charge on any atom is -0.390 e. The van der Waals surface area contributed by atoms with Gasteiger partial charge in [0.25, 0.3) is 0 Å². The fourth-order valence-electron chi connectivity index (χ4n) is 1.56. The Kier molecular flexibility index (Phi) is 4.47. The van der Waals surface area contributed by atoms with E-state index in [1.54, 1.807) is 0 Å². The van der Waals surface area contributed by atoms with Crippen LogP contribution < -0.4 is 5.32 Å². The lowest BCUT2D eigenvalue weighted by Crippen LogP contribution is -2.43. The van der Waals surface area contributed by atoms with E-state index in [-0.39, 0.29) is 24.7 Å². The van der Waals surface area contributed by atoms with E-state index in [2.05, 4.69) is 5.32 Å². The molecule has 0 aliphatic carbocycles. The molecule has 3 unspecified atom stereocenters. The lowest BCUT2D eigenvalue weighted by atomic mass is 10.2. The molecule has 3 atom stereocenters. The molecule has 1 rings (SSSR count). The first kappa shape index (κ1) is 12.9. The number of ether oxygens (including phenoxy) is 1. The first-order chi connectivity index (χ1) is 6.94. The molecular formula is C8H17NO5S. The standard InChI is InChI=1S/C8H17NO5S/c1-14-3-6(10)2-9-7-4-15(12,13)5-8(7)11/h6-11H,2-5H2,1H3. The first-order valence-corrected chi connectivity index (χ1v) is 6.55. The predicted octanol–water partition coefficient (Wildman–Crippen LogP) is -2.26. The summed E-state index contributed by atoms with van der Waals surface area (Å²) in [4.78, 5) is 0. The first-order valence-electron chi connectivity index (χ1n) is 4.73. The van der Waals surface area contributed by atoms with Crippen LogP contribution in [0.15, 0.2) is 0 Å². The number of nitrogens with one attached hydrogen (secondary N) is 1. The molecule has 6 nitrogen and oxygen atoms in total. The molecule has 1 heterocycles. The van der Waals surface area contributed by atoms with Crippen molar-refractivity contribution in [1.82, 2.24) is 5.32 Å². The minimum atomic E-state index is -3.13. The van der Waals surface area contributed by atoms with Crippen LogP contribution in [0.2, 0.25) is 0 Å². The molecule has 90 valence electrons. The van der Waals surface area contributed by atoms with E-state index < -0.39 is 28.1 Å². The van der Waals surface area contributed by atoms with Gasteiger partial charge in [-0.2, -0.15) is 0 Å². The monoisotopic (exact) mass is 239 g/mol. The quantitative estimate of drug-likeness (QED) is 0.501. The summed E-state index contributed by atoms with van der Waals surface area (Å²) in [6.07, 6.45) is -1.57. The third-order valence-corrected chi connectivity index (χ3v) is 4.01. The number of aliphatic hydroxyl groups excluding tert-OH is 2. The number of hydrogen-bond donors (Lipinski definition) is 3. The van der Waals surface area contributed by atoms with Gasteiger partial charge < -0.3 is 20.3 Å². The van der Waals surface area contributed by atoms with Crippen LogP contribution in [0.3, 0.4) is 0 Å². The third-order valence-electron chi connectivity index (χ3n) is 2.30. The third kappa shape index (κ3) is 4.04. The van der Waals surface area contributed by atoms with Gasteiger partial charge in [-0.1, -0.05) is 0 Å². The molecule has 1 aliphatic heterocycles. The van der Waals surface area contributed by atoms with Crippen LogP contribution in [-0.4, -0.2) is 68.6 Å². The highest BCUT2D eigenvalue weighted by atomic mass is 32.2. The van der Waals surface area contributed by atoms with E-state index in [9.17, 15) is 18.6 Å². The van der Waals surface area contributed by atoms with Crippen molar-refractivity contribution < 1.29 is 23.4 Å². The second kappa shape index (κ2) is 5.22. The molecule has 0 amide bonds. The fraction of sp³-hybridized carbons (Fsp3) is 1.00. The van der Waals surface area contributed by atoms with Crippen LogP contribution in [0.4, 0.5) is 0 Å². The van der Waals surface area contributed by atoms with Crippen molar-refractivity contribution in [3.05, 3.63) is 0 Å². The normalized spacial score (nSPS) is 31.7. The van der Waals surface area contributed by atoms with Gasteiger partial charge >= 0.3 is 0 Å². The van der Waals surface area contributed by atoms with E-state index in [4.69, 9.17) is 4.74 Å². The Morgan fingerprint density at radius 2 is 2.20 bits per heavy atom. The van der Waals surface area contributed by atoms with Crippen LogP contribution in [-0.2, 0) is 14.6 Å². The van der Waals surface area contributed by atoms with Crippen LogP contribution in [0, 0.1) is 0 Å². The zero-order valence-corrected chi connectivity index (χ0v) is 9.40. The Morgan fingerprint density at radius 1 is 1.53 bits per heavy atom. The molecule has 0 aromatic heterocycles. The van der Waals surface area contributed by atoms with Crippen molar-refractivity contribution in [1.29, 1.82) is 0 Å². The Morgan fingerprint density at radius 3 is 2.67 bits per heavy atom. The summed E-state index contributed by atoms with van der Waals surface area (Å²) in [7, 11) is -1.66. The Balaban J connectivity index is 2.34. The zero-order chi connectivity index (χ0) is 11.5. The van der Waals surface area contributed by atoms with Gasteiger partial charge in [0.1, 0.15) is 0 Å². The van der Waals surface area contributed by atoms with Gasteiger partial charge in [-0.05, 0) is 0 Å². The van der Waals surface area contributed by atoms with Crippen LogP contribution in [0.5, 0.6) is 0 Å². The van der Waals surface area contributed by atoms with Crippen LogP contribution in [0.25, 0.3) is 0 Å². The van der Waals surface area contributed by atoms with Crippen molar-refractivity contribution in [3.8, 4) is 0 Å². The minimum absolute atomic E-state index is 0.0755. The Labute approximate surface area is 89.2 Å². The summed E-state index contributed by atoms with van der Waals surface area (Å²) in [5, 5.41) is 21.5. The van der Waals surface area contributed by atoms with E-state index in [0.717, 1.165) is 0 Å². The van der Waals surface area contributed by atoms with Crippen molar-refractivity contribution in [2.45, 2.75) is 18.2 Å². The lowest BCUT2D eigenvalue weighted by molar-refractivity contribution is 0.0588. The molecule has 1 saturated heterocycles. The summed E-state index contributed by atoms with van der Waals surface area (Å²) < 4.78 is 27.0. The second-order valence-electron chi connectivity index (χ2n) is 3.77. The van der Waals surface area contributed by atoms with Gasteiger partial charge in [0.2, 0.25) is 0 Å². The smallest absolute Gasteiger partial charge is 0.154 e. The SMILES string of the molecule is COCC(O)CNC1CS(=O)(=O)CC1O. The van der Waals surface area contributed by atoms with Gasteiger partial charge in [0.15, 0.2) is 9.84 Å². The van der Waals surface area contributed by atoms with E-state index in [1.807, 2.05) is 0 Å². The largest absolute Gasteiger partial charge is 0.390 e. The van der Waals surface area contributed by atoms with Crippen LogP contribution in [0.1, 0.15) is 0 Å². The highest BCUT2D eigenvalue weighted by molar-refractivity contribution is 7.91. The van der Waals surface area contributed by atoms with Crippen molar-refractivity contribution in [2.24, 2.45) is 0 Å². The molecule has 7 heteroatoms. The molecule has 0 aromatic rings. The summed E-state index contributed by atoms with van der Waals surface area (Å²) in [6, 6.07) is -0.485. The maximum atomic E-state index is 11.1. The molecule has 15 heavy (non-hydrogen) atoms. The van der Waals surface area contributed by atoms with Gasteiger partial charge in [-0.3, -0.25) is 0 Å². The van der Waals surface area contributed by atoms with E-state index in [0.29, 0.717) is 0 Å². The van der Waals surface area contributed by atoms with Crippen molar-refractivity contribution in [3.63, 3.8) is 0 Å². The number of aliphatic hydroxyl groups is 2. The zero-order valence-electron chi connectivity index (χ0n) is 8.59. The predicted molar refractivity (Wildman–Crippen MR) is 54.3 cm³/mol. The van der Waals surface area contributed by atoms with Gasteiger partial charge in [0, 0.05) is 19.7 Å². The molecule has 3 N–H and O–H groups in total. The molecule has 1 fully saturated rings. The molecule has 0 radical (unpaired) electrons. The lowest BCUT2D eigenvalue weighted by Gasteiger charge is -2.17. The molecule has 1 aliphatic rings. The molecule has 0 bridgehead atoms. The maximum absolute atomic E-state index is 11.1. The van der Waals surface area contributed by atoms with E-state index >= 15 is 0 Å². The molecular weight excluding hydrogens is 222 g/mol. The summed E-state index contributed by atoms with van der Waals surface area (Å²) in [5.74, 6) is -0.279. The summed E-state index contributed by atoms with van der Waals surface area (Å²) >= 11 is 0. The Hall–Kier alpha value is -0.210. The number of methoxy groups -OCH3 is 1. The molecule has 0 aromatic carbocycles. The van der Waals surface area contributed by atoms with Gasteiger partial charge in [-0.25, -0.2) is 8.42 Å². The summed E-state index contributed by atoms with van der Waals surface area (Å²) in [6.45, 7) is 0.396. The van der Waals surface area contributed by atoms with Crippen LogP contribution >= 0.6 is 0 Å². The van der Waals surface area contributed by atoms with Crippen molar-refractivity contribution in [2.75, 3.05) is 31.8 Å². The second-order valence-corrected chi connectivity index (χ2v) is 5.92. The van der Waals surface area contributed by atoms with Crippen molar-refractivity contribution >= 4 is 9.84 Å². The maximum Gasteiger partial charge on any atom is 0.154 e. The Bertz CT molecular complexity index is 291. The van der Waals surface area contributed by atoms with Gasteiger partial charge in [-0.15, -0.1) is 0 Å². The highest BCUT2D eigenvalue weighted by Crippen LogP contribution is 2.12. The number of hydrogen-bond acceptors (Lipinski definition) is 6. The topological polar surface area (TPSA) is 95.9 Å². The number of rotatable bonds is 5. The van der Waals surface area contributed by atoms with E-state index in [1.165, 1.54) is 7.11 Å². The molecule has 0 spiro atoms. The van der Waals surface area contributed by atoms with Gasteiger partial charge in [0.05, 0.1) is 30.3 Å².